The van der Waals surface area contributed by atoms with Crippen LogP contribution in [-0.2, 0) is 16.1 Å². The molecule has 0 radical (unpaired) electrons. The second-order valence-corrected chi connectivity index (χ2v) is 7.68. The van der Waals surface area contributed by atoms with Crippen molar-refractivity contribution < 1.29 is 13.9 Å². The number of amides is 1. The molecule has 1 saturated heterocycles. The largest absolute Gasteiger partial charge is 0.431 e. The number of fused-ring (bicyclic) bond motifs is 1. The van der Waals surface area contributed by atoms with Gasteiger partial charge in [0.15, 0.2) is 5.58 Å². The summed E-state index contributed by atoms with van der Waals surface area (Å²) >= 11 is 1.30. The molecule has 0 aliphatic carbocycles. The highest BCUT2D eigenvalue weighted by Crippen LogP contribution is 2.22. The predicted molar refractivity (Wildman–Crippen MR) is 109 cm³/mol. The van der Waals surface area contributed by atoms with Gasteiger partial charge >= 0.3 is 0 Å². The zero-order valence-corrected chi connectivity index (χ0v) is 16.4. The lowest BCUT2D eigenvalue weighted by molar-refractivity contribution is -0.119. The van der Waals surface area contributed by atoms with Crippen molar-refractivity contribution >= 4 is 28.8 Å². The molecule has 1 aliphatic rings. The van der Waals surface area contributed by atoms with Gasteiger partial charge in [-0.3, -0.25) is 9.69 Å². The molecule has 0 bridgehead atoms. The average Bonchev–Trinajstić information content (AvgIpc) is 3.15. The Balaban J connectivity index is 1.20. The lowest BCUT2D eigenvalue weighted by Gasteiger charge is -2.33. The number of rotatable bonds is 7. The Kier molecular flexibility index (Phi) is 6.26. The molecule has 7 heteroatoms. The van der Waals surface area contributed by atoms with E-state index in [2.05, 4.69) is 39.5 Å². The second-order valence-electron chi connectivity index (χ2n) is 6.75. The highest BCUT2D eigenvalue weighted by molar-refractivity contribution is 7.99. The summed E-state index contributed by atoms with van der Waals surface area (Å²) in [5.74, 6) is 0.226. The molecule has 28 heavy (non-hydrogen) atoms. The van der Waals surface area contributed by atoms with Crippen molar-refractivity contribution in [2.45, 2.75) is 17.9 Å². The van der Waals surface area contributed by atoms with E-state index in [1.54, 1.807) is 0 Å². The molecule has 1 N–H and O–H groups in total. The van der Waals surface area contributed by atoms with Crippen LogP contribution in [0.2, 0.25) is 0 Å². The number of morpholine rings is 1. The highest BCUT2D eigenvalue weighted by Gasteiger charge is 2.21. The number of benzene rings is 2. The molecule has 146 valence electrons. The van der Waals surface area contributed by atoms with Crippen LogP contribution in [0.4, 0.5) is 0 Å². The molecule has 0 spiro atoms. The van der Waals surface area contributed by atoms with Crippen LogP contribution < -0.4 is 5.32 Å². The Bertz CT molecular complexity index is 882. The van der Waals surface area contributed by atoms with Crippen LogP contribution in [0.15, 0.2) is 64.2 Å². The first-order chi connectivity index (χ1) is 13.8. The molecule has 1 aromatic heterocycles. The summed E-state index contributed by atoms with van der Waals surface area (Å²) < 4.78 is 11.4. The van der Waals surface area contributed by atoms with Gasteiger partial charge in [-0.2, -0.15) is 0 Å². The summed E-state index contributed by atoms with van der Waals surface area (Å²) in [6.45, 7) is 3.83. The van der Waals surface area contributed by atoms with Crippen molar-refractivity contribution in [3.63, 3.8) is 0 Å². The molecule has 2 heterocycles. The van der Waals surface area contributed by atoms with Gasteiger partial charge in [-0.25, -0.2) is 4.98 Å². The fourth-order valence-corrected chi connectivity index (χ4v) is 3.88. The minimum atomic E-state index is -0.0453. The average molecular weight is 398 g/mol. The number of nitrogens with one attached hydrogen (secondary N) is 1. The van der Waals surface area contributed by atoms with Crippen molar-refractivity contribution in [1.82, 2.24) is 15.2 Å². The van der Waals surface area contributed by atoms with E-state index in [4.69, 9.17) is 9.15 Å². The standard InChI is InChI=1S/C21H23N3O3S/c25-20(15-28-21-23-18-8-4-5-9-19(18)27-21)22-12-17-14-24(10-11-26-17)13-16-6-2-1-3-7-16/h1-9,17H,10-15H2,(H,22,25). The summed E-state index contributed by atoms with van der Waals surface area (Å²) in [6, 6.07) is 18.0. The maximum atomic E-state index is 12.2. The molecule has 1 fully saturated rings. The third kappa shape index (κ3) is 5.13. The lowest BCUT2D eigenvalue weighted by Crippen LogP contribution is -2.47. The number of para-hydroxylation sites is 2. The van der Waals surface area contributed by atoms with Crippen molar-refractivity contribution in [3.8, 4) is 0 Å². The number of nitrogens with zero attached hydrogens (tertiary/aromatic N) is 2. The fraction of sp³-hybridized carbons (Fsp3) is 0.333. The molecular weight excluding hydrogens is 374 g/mol. The van der Waals surface area contributed by atoms with E-state index in [0.29, 0.717) is 18.4 Å². The number of ether oxygens (including phenoxy) is 1. The molecule has 0 saturated carbocycles. The van der Waals surface area contributed by atoms with E-state index in [9.17, 15) is 4.79 Å². The minimum Gasteiger partial charge on any atom is -0.431 e. The summed E-state index contributed by atoms with van der Waals surface area (Å²) in [5, 5.41) is 3.47. The van der Waals surface area contributed by atoms with E-state index in [1.165, 1.54) is 17.3 Å². The number of carbonyl (C=O) groups excluding carboxylic acids is 1. The van der Waals surface area contributed by atoms with Crippen LogP contribution in [0, 0.1) is 0 Å². The van der Waals surface area contributed by atoms with Crippen LogP contribution in [0.5, 0.6) is 0 Å². The van der Waals surface area contributed by atoms with E-state index < -0.39 is 0 Å². The summed E-state index contributed by atoms with van der Waals surface area (Å²) in [4.78, 5) is 18.9. The van der Waals surface area contributed by atoms with Gasteiger partial charge < -0.3 is 14.5 Å². The molecular formula is C21H23N3O3S. The smallest absolute Gasteiger partial charge is 0.257 e. The van der Waals surface area contributed by atoms with Crippen molar-refractivity contribution in [2.24, 2.45) is 0 Å². The topological polar surface area (TPSA) is 67.6 Å². The molecule has 1 amide bonds. The summed E-state index contributed by atoms with van der Waals surface area (Å²) in [5.41, 5.74) is 2.83. The van der Waals surface area contributed by atoms with Gasteiger partial charge in [0.2, 0.25) is 5.91 Å². The quantitative estimate of drug-likeness (QED) is 0.619. The zero-order chi connectivity index (χ0) is 19.2. The van der Waals surface area contributed by atoms with Crippen LogP contribution >= 0.6 is 11.8 Å². The highest BCUT2D eigenvalue weighted by atomic mass is 32.2. The van der Waals surface area contributed by atoms with E-state index >= 15 is 0 Å². The van der Waals surface area contributed by atoms with Crippen LogP contribution in [0.3, 0.4) is 0 Å². The van der Waals surface area contributed by atoms with E-state index in [-0.39, 0.29) is 17.8 Å². The number of aromatic nitrogens is 1. The van der Waals surface area contributed by atoms with Gasteiger partial charge in [0.05, 0.1) is 18.5 Å². The molecule has 1 aliphatic heterocycles. The SMILES string of the molecule is O=C(CSc1nc2ccccc2o1)NCC1CN(Cc2ccccc2)CCO1. The Hall–Kier alpha value is -2.35. The Morgan fingerprint density at radius 2 is 2.00 bits per heavy atom. The summed E-state index contributed by atoms with van der Waals surface area (Å²) in [6.07, 6.45) is 0.00994. The molecule has 2 aromatic carbocycles. The number of oxazole rings is 1. The van der Waals surface area contributed by atoms with Crippen molar-refractivity contribution in [2.75, 3.05) is 32.0 Å². The third-order valence-electron chi connectivity index (χ3n) is 4.60. The normalized spacial score (nSPS) is 17.6. The molecule has 1 unspecified atom stereocenters. The second kappa shape index (κ2) is 9.23. The Labute approximate surface area is 168 Å². The lowest BCUT2D eigenvalue weighted by atomic mass is 10.2. The van der Waals surface area contributed by atoms with Gasteiger partial charge in [0.1, 0.15) is 5.52 Å². The maximum Gasteiger partial charge on any atom is 0.257 e. The molecule has 1 atom stereocenters. The Morgan fingerprint density at radius 3 is 2.86 bits per heavy atom. The van der Waals surface area contributed by atoms with Crippen LogP contribution in [-0.4, -0.2) is 53.9 Å². The van der Waals surface area contributed by atoms with E-state index in [1.807, 2.05) is 30.3 Å². The Morgan fingerprint density at radius 1 is 1.18 bits per heavy atom. The van der Waals surface area contributed by atoms with Gasteiger partial charge in [0, 0.05) is 26.2 Å². The van der Waals surface area contributed by atoms with Gasteiger partial charge in [-0.1, -0.05) is 54.2 Å². The summed E-state index contributed by atoms with van der Waals surface area (Å²) in [7, 11) is 0. The monoisotopic (exact) mass is 397 g/mol. The maximum absolute atomic E-state index is 12.2. The number of hydrogen-bond acceptors (Lipinski definition) is 6. The molecule has 6 nitrogen and oxygen atoms in total. The zero-order valence-electron chi connectivity index (χ0n) is 15.5. The van der Waals surface area contributed by atoms with Crippen LogP contribution in [0.25, 0.3) is 11.1 Å². The van der Waals surface area contributed by atoms with Gasteiger partial charge in [0.25, 0.3) is 5.22 Å². The number of thioether (sulfide) groups is 1. The first kappa shape index (κ1) is 19.0. The predicted octanol–water partition coefficient (Wildman–Crippen LogP) is 2.94. The van der Waals surface area contributed by atoms with E-state index in [0.717, 1.165) is 30.7 Å². The van der Waals surface area contributed by atoms with Crippen molar-refractivity contribution in [1.29, 1.82) is 0 Å². The van der Waals surface area contributed by atoms with Gasteiger partial charge in [-0.05, 0) is 17.7 Å². The molecule has 3 aromatic rings. The van der Waals surface area contributed by atoms with Crippen molar-refractivity contribution in [3.05, 3.63) is 60.2 Å². The first-order valence-electron chi connectivity index (χ1n) is 9.39. The molecule has 4 rings (SSSR count). The minimum absolute atomic E-state index is 0.00994. The third-order valence-corrected chi connectivity index (χ3v) is 5.43. The van der Waals surface area contributed by atoms with Crippen LogP contribution in [0.1, 0.15) is 5.56 Å². The number of hydrogen-bond donors (Lipinski definition) is 1. The fourth-order valence-electron chi connectivity index (χ4n) is 3.21. The number of carbonyl (C=O) groups is 1. The first-order valence-corrected chi connectivity index (χ1v) is 10.4. The van der Waals surface area contributed by atoms with Gasteiger partial charge in [-0.15, -0.1) is 0 Å².